The lowest BCUT2D eigenvalue weighted by molar-refractivity contribution is 0.0726. The summed E-state index contributed by atoms with van der Waals surface area (Å²) in [7, 11) is 0. The summed E-state index contributed by atoms with van der Waals surface area (Å²) < 4.78 is 13.0. The van der Waals surface area contributed by atoms with Crippen LogP contribution >= 0.6 is 15.9 Å². The second-order valence-electron chi connectivity index (χ2n) is 5.08. The molecule has 3 rings (SSSR count). The molecule has 0 atom stereocenters. The Hall–Kier alpha value is -3.18. The van der Waals surface area contributed by atoms with Crippen molar-refractivity contribution in [3.8, 4) is 23.4 Å². The predicted octanol–water partition coefficient (Wildman–Crippen LogP) is 3.52. The van der Waals surface area contributed by atoms with Crippen molar-refractivity contribution >= 4 is 21.9 Å². The Morgan fingerprint density at radius 2 is 2.23 bits per heavy atom. The Bertz CT molecular complexity index is 963. The summed E-state index contributed by atoms with van der Waals surface area (Å²) in [4.78, 5) is 16.7. The van der Waals surface area contributed by atoms with Crippen LogP contribution in [0.1, 0.15) is 22.8 Å². The zero-order valence-electron chi connectivity index (χ0n) is 13.7. The molecular formula is C18H13BrN4O3. The molecule has 0 N–H and O–H groups in total. The molecule has 130 valence electrons. The van der Waals surface area contributed by atoms with E-state index in [9.17, 15) is 4.79 Å². The molecule has 0 aliphatic heterocycles. The molecule has 26 heavy (non-hydrogen) atoms. The van der Waals surface area contributed by atoms with Gasteiger partial charge in [-0.3, -0.25) is 0 Å². The quantitative estimate of drug-likeness (QED) is 0.470. The van der Waals surface area contributed by atoms with Crippen molar-refractivity contribution < 1.29 is 14.3 Å². The lowest BCUT2D eigenvalue weighted by Crippen LogP contribution is -2.11. The van der Waals surface area contributed by atoms with Gasteiger partial charge in [-0.25, -0.2) is 14.5 Å². The fraction of sp³-hybridized carbons (Fsp3) is 0.111. The summed E-state index contributed by atoms with van der Waals surface area (Å²) in [6, 6.07) is 10.2. The minimum absolute atomic E-state index is 0.215. The van der Waals surface area contributed by atoms with Crippen LogP contribution in [0.2, 0.25) is 0 Å². The van der Waals surface area contributed by atoms with Crippen molar-refractivity contribution in [2.24, 2.45) is 0 Å². The van der Waals surface area contributed by atoms with Gasteiger partial charge >= 0.3 is 5.97 Å². The monoisotopic (exact) mass is 412 g/mol. The maximum Gasteiger partial charge on any atom is 0.345 e. The van der Waals surface area contributed by atoms with Gasteiger partial charge < -0.3 is 9.47 Å². The Balaban J connectivity index is 1.85. The molecule has 0 amide bonds. The Kier molecular flexibility index (Phi) is 5.29. The maximum absolute atomic E-state index is 12.4. The van der Waals surface area contributed by atoms with Crippen LogP contribution in [0.25, 0.3) is 5.82 Å². The summed E-state index contributed by atoms with van der Waals surface area (Å²) in [5, 5.41) is 13.1. The van der Waals surface area contributed by atoms with Crippen LogP contribution in [-0.2, 0) is 0 Å². The van der Waals surface area contributed by atoms with E-state index < -0.39 is 5.97 Å². The fourth-order valence-electron chi connectivity index (χ4n) is 2.19. The number of benzene rings is 1. The van der Waals surface area contributed by atoms with Crippen molar-refractivity contribution in [3.05, 3.63) is 64.5 Å². The number of hydrogen-bond acceptors (Lipinski definition) is 6. The molecule has 8 heteroatoms. The number of carbonyl (C=O) groups excluding carboxylic acids is 1. The molecule has 0 saturated heterocycles. The molecule has 2 aromatic heterocycles. The summed E-state index contributed by atoms with van der Waals surface area (Å²) in [5.41, 5.74) is 0.671. The molecule has 7 nitrogen and oxygen atoms in total. The van der Waals surface area contributed by atoms with Crippen LogP contribution in [0.4, 0.5) is 0 Å². The molecule has 0 saturated carbocycles. The first-order chi connectivity index (χ1) is 12.6. The topological polar surface area (TPSA) is 90.0 Å². The van der Waals surface area contributed by atoms with Crippen molar-refractivity contribution in [1.82, 2.24) is 14.8 Å². The van der Waals surface area contributed by atoms with Gasteiger partial charge in [0.15, 0.2) is 17.3 Å². The van der Waals surface area contributed by atoms with Crippen molar-refractivity contribution in [1.29, 1.82) is 5.26 Å². The van der Waals surface area contributed by atoms with Gasteiger partial charge in [-0.15, -0.1) is 0 Å². The van der Waals surface area contributed by atoms with E-state index in [1.54, 1.807) is 48.3 Å². The number of halogens is 1. The van der Waals surface area contributed by atoms with Crippen molar-refractivity contribution in [2.75, 3.05) is 6.61 Å². The Morgan fingerprint density at radius 3 is 2.85 bits per heavy atom. The number of carbonyl (C=O) groups is 1. The standard InChI is InChI=1S/C18H13BrN4O3/c1-2-25-15-9-12(10-20)8-14(19)17(15)26-18(24)13-4-5-16(21-11-13)23-7-3-6-22-23/h3-9,11H,2H2,1H3. The number of rotatable bonds is 5. The average Bonchev–Trinajstić information content (AvgIpc) is 3.19. The molecular weight excluding hydrogens is 400 g/mol. The number of hydrogen-bond donors (Lipinski definition) is 0. The highest BCUT2D eigenvalue weighted by Gasteiger charge is 2.18. The van der Waals surface area contributed by atoms with Gasteiger partial charge in [0.25, 0.3) is 0 Å². The van der Waals surface area contributed by atoms with Gasteiger partial charge in [0.05, 0.1) is 28.3 Å². The second-order valence-corrected chi connectivity index (χ2v) is 5.93. The molecule has 0 aliphatic carbocycles. The summed E-state index contributed by atoms with van der Waals surface area (Å²) in [5.74, 6) is 0.525. The lowest BCUT2D eigenvalue weighted by Gasteiger charge is -2.13. The third kappa shape index (κ3) is 3.73. The highest BCUT2D eigenvalue weighted by molar-refractivity contribution is 9.10. The van der Waals surface area contributed by atoms with Crippen LogP contribution in [-0.4, -0.2) is 27.3 Å². The first kappa shape index (κ1) is 17.6. The van der Waals surface area contributed by atoms with E-state index in [1.165, 1.54) is 12.3 Å². The number of ether oxygens (including phenoxy) is 2. The highest BCUT2D eigenvalue weighted by Crippen LogP contribution is 2.37. The van der Waals surface area contributed by atoms with Gasteiger partial charge in [0, 0.05) is 24.7 Å². The van der Waals surface area contributed by atoms with Crippen molar-refractivity contribution in [2.45, 2.75) is 6.92 Å². The van der Waals surface area contributed by atoms with Crippen molar-refractivity contribution in [3.63, 3.8) is 0 Å². The maximum atomic E-state index is 12.4. The lowest BCUT2D eigenvalue weighted by atomic mass is 10.2. The minimum Gasteiger partial charge on any atom is -0.490 e. The van der Waals surface area contributed by atoms with E-state index in [0.717, 1.165) is 0 Å². The summed E-state index contributed by atoms with van der Waals surface area (Å²) in [6.07, 6.45) is 4.81. The van der Waals surface area contributed by atoms with Crippen LogP contribution in [0, 0.1) is 11.3 Å². The van der Waals surface area contributed by atoms with Gasteiger partial charge in [-0.1, -0.05) is 0 Å². The van der Waals surface area contributed by atoms with Gasteiger partial charge in [0.2, 0.25) is 0 Å². The number of aromatic nitrogens is 3. The molecule has 0 fully saturated rings. The molecule has 0 bridgehead atoms. The number of pyridine rings is 1. The van der Waals surface area contributed by atoms with Gasteiger partial charge in [-0.2, -0.15) is 10.4 Å². The zero-order valence-corrected chi connectivity index (χ0v) is 15.3. The van der Waals surface area contributed by atoms with Crippen LogP contribution < -0.4 is 9.47 Å². The minimum atomic E-state index is -0.587. The largest absolute Gasteiger partial charge is 0.490 e. The molecule has 3 aromatic rings. The third-order valence-corrected chi connectivity index (χ3v) is 3.94. The number of nitrogens with zero attached hydrogens (tertiary/aromatic N) is 4. The number of nitriles is 1. The SMILES string of the molecule is CCOc1cc(C#N)cc(Br)c1OC(=O)c1ccc(-n2cccn2)nc1. The summed E-state index contributed by atoms with van der Waals surface area (Å²) >= 11 is 3.31. The molecule has 0 radical (unpaired) electrons. The van der Waals surface area contributed by atoms with Crippen LogP contribution in [0.3, 0.4) is 0 Å². The van der Waals surface area contributed by atoms with E-state index in [4.69, 9.17) is 14.7 Å². The van der Waals surface area contributed by atoms with E-state index >= 15 is 0 Å². The highest BCUT2D eigenvalue weighted by atomic mass is 79.9. The molecule has 0 spiro atoms. The van der Waals surface area contributed by atoms with E-state index in [-0.39, 0.29) is 11.3 Å². The van der Waals surface area contributed by atoms with E-state index in [2.05, 4.69) is 26.0 Å². The Morgan fingerprint density at radius 1 is 1.38 bits per heavy atom. The van der Waals surface area contributed by atoms with Gasteiger partial charge in [-0.05, 0) is 47.1 Å². The predicted molar refractivity (Wildman–Crippen MR) is 96.3 cm³/mol. The molecule has 0 unspecified atom stereocenters. The summed E-state index contributed by atoms with van der Waals surface area (Å²) in [6.45, 7) is 2.17. The second kappa shape index (κ2) is 7.80. The van der Waals surface area contributed by atoms with Gasteiger partial charge in [0.1, 0.15) is 0 Å². The molecule has 0 aliphatic rings. The van der Waals surface area contributed by atoms with Crippen LogP contribution in [0.15, 0.2) is 53.4 Å². The smallest absolute Gasteiger partial charge is 0.345 e. The van der Waals surface area contributed by atoms with E-state index in [1.807, 2.05) is 6.07 Å². The van der Waals surface area contributed by atoms with E-state index in [0.29, 0.717) is 28.2 Å². The fourth-order valence-corrected chi connectivity index (χ4v) is 2.72. The zero-order chi connectivity index (χ0) is 18.5. The van der Waals surface area contributed by atoms with Crippen LogP contribution in [0.5, 0.6) is 11.5 Å². The number of esters is 1. The third-order valence-electron chi connectivity index (χ3n) is 3.36. The molecule has 1 aromatic carbocycles. The molecule has 2 heterocycles. The first-order valence-corrected chi connectivity index (χ1v) is 8.46. The first-order valence-electron chi connectivity index (χ1n) is 7.67. The normalized spacial score (nSPS) is 10.2. The average molecular weight is 413 g/mol. The Labute approximate surface area is 157 Å².